The van der Waals surface area contributed by atoms with E-state index in [1.807, 2.05) is 0 Å². The number of aromatic nitrogens is 1. The van der Waals surface area contributed by atoms with Gasteiger partial charge >= 0.3 is 0 Å². The van der Waals surface area contributed by atoms with Gasteiger partial charge in [-0.05, 0) is 19.1 Å². The molecule has 2 rings (SSSR count). The van der Waals surface area contributed by atoms with Crippen LogP contribution in [0.25, 0.3) is 0 Å². The third-order valence-electron chi connectivity index (χ3n) is 2.34. The predicted molar refractivity (Wildman–Crippen MR) is 67.3 cm³/mol. The number of rotatable bonds is 3. The van der Waals surface area contributed by atoms with Gasteiger partial charge in [-0.1, -0.05) is 11.6 Å². The van der Waals surface area contributed by atoms with Crippen molar-refractivity contribution in [3.05, 3.63) is 39.1 Å². The fraction of sp³-hybridized carbons (Fsp3) is 0.182. The van der Waals surface area contributed by atoms with Crippen molar-refractivity contribution in [2.24, 2.45) is 0 Å². The van der Waals surface area contributed by atoms with E-state index in [0.717, 1.165) is 4.88 Å². The van der Waals surface area contributed by atoms with Crippen LogP contribution in [-0.2, 0) is 6.54 Å². The molecule has 0 atom stereocenters. The maximum absolute atomic E-state index is 13.1. The summed E-state index contributed by atoms with van der Waals surface area (Å²) in [6.07, 6.45) is 1.66. The second kappa shape index (κ2) is 4.89. The number of anilines is 1. The molecule has 2 aromatic rings. The Balaban J connectivity index is 2.12. The van der Waals surface area contributed by atoms with Gasteiger partial charge < -0.3 is 10.4 Å². The summed E-state index contributed by atoms with van der Waals surface area (Å²) in [5, 5.41) is 12.7. The predicted octanol–water partition coefficient (Wildman–Crippen LogP) is 3.56. The number of benzene rings is 1. The molecule has 0 amide bonds. The minimum atomic E-state index is -0.422. The lowest BCUT2D eigenvalue weighted by atomic mass is 10.2. The Hall–Kier alpha value is -1.33. The number of thiazole rings is 1. The molecule has 2 N–H and O–H groups in total. The van der Waals surface area contributed by atoms with E-state index in [0.29, 0.717) is 16.7 Å². The fourth-order valence-electron chi connectivity index (χ4n) is 1.37. The molecule has 90 valence electrons. The summed E-state index contributed by atoms with van der Waals surface area (Å²) >= 11 is 7.06. The Bertz CT molecular complexity index is 544. The molecular formula is C11H10ClFN2OS. The van der Waals surface area contributed by atoms with E-state index in [4.69, 9.17) is 11.6 Å². The van der Waals surface area contributed by atoms with E-state index < -0.39 is 5.82 Å². The minimum Gasteiger partial charge on any atom is -0.505 e. The highest BCUT2D eigenvalue weighted by molar-refractivity contribution is 7.15. The van der Waals surface area contributed by atoms with E-state index in [2.05, 4.69) is 10.3 Å². The molecule has 6 heteroatoms. The summed E-state index contributed by atoms with van der Waals surface area (Å²) in [6.45, 7) is 2.02. The Morgan fingerprint density at radius 3 is 2.94 bits per heavy atom. The van der Waals surface area contributed by atoms with Crippen LogP contribution in [0.4, 0.5) is 10.1 Å². The molecule has 0 aliphatic heterocycles. The molecule has 0 radical (unpaired) electrons. The third kappa shape index (κ3) is 2.68. The first-order valence-corrected chi connectivity index (χ1v) is 6.09. The summed E-state index contributed by atoms with van der Waals surface area (Å²) in [5.74, 6) is -0.491. The lowest BCUT2D eigenvalue weighted by Gasteiger charge is -2.09. The van der Waals surface area contributed by atoms with Gasteiger partial charge in [0.1, 0.15) is 11.6 Å². The first-order chi connectivity index (χ1) is 8.08. The SMILES string of the molecule is Cc1c(F)ccc(NCc2cnc(Cl)s2)c1O. The molecule has 0 fully saturated rings. The average Bonchev–Trinajstić information content (AvgIpc) is 2.71. The molecule has 0 aliphatic carbocycles. The lowest BCUT2D eigenvalue weighted by molar-refractivity contribution is 0.465. The van der Waals surface area contributed by atoms with Crippen LogP contribution in [0.15, 0.2) is 18.3 Å². The second-order valence-corrected chi connectivity index (χ2v) is 5.20. The molecule has 0 saturated carbocycles. The largest absolute Gasteiger partial charge is 0.505 e. The highest BCUT2D eigenvalue weighted by Crippen LogP contribution is 2.29. The van der Waals surface area contributed by atoms with Gasteiger partial charge in [0.2, 0.25) is 0 Å². The van der Waals surface area contributed by atoms with Crippen molar-refractivity contribution in [3.63, 3.8) is 0 Å². The van der Waals surface area contributed by atoms with E-state index in [1.165, 1.54) is 30.4 Å². The topological polar surface area (TPSA) is 45.2 Å². The Labute approximate surface area is 107 Å². The summed E-state index contributed by atoms with van der Waals surface area (Å²) in [4.78, 5) is 4.85. The molecule has 1 aromatic heterocycles. The zero-order valence-corrected chi connectivity index (χ0v) is 10.6. The molecule has 1 aromatic carbocycles. The van der Waals surface area contributed by atoms with Crippen molar-refractivity contribution < 1.29 is 9.50 Å². The van der Waals surface area contributed by atoms with Gasteiger partial charge in [0.05, 0.1) is 12.2 Å². The number of hydrogen-bond donors (Lipinski definition) is 2. The van der Waals surface area contributed by atoms with Crippen molar-refractivity contribution in [1.29, 1.82) is 0 Å². The van der Waals surface area contributed by atoms with Crippen LogP contribution in [0.2, 0.25) is 4.47 Å². The molecule has 0 aliphatic rings. The number of halogens is 2. The summed E-state index contributed by atoms with van der Waals surface area (Å²) in [6, 6.07) is 2.82. The van der Waals surface area contributed by atoms with Gasteiger partial charge in [-0.2, -0.15) is 0 Å². The second-order valence-electron chi connectivity index (χ2n) is 3.50. The van der Waals surface area contributed by atoms with Gasteiger partial charge in [0.25, 0.3) is 0 Å². The van der Waals surface area contributed by atoms with Crippen LogP contribution in [0.1, 0.15) is 10.4 Å². The lowest BCUT2D eigenvalue weighted by Crippen LogP contribution is -1.99. The molecule has 0 spiro atoms. The smallest absolute Gasteiger partial charge is 0.183 e. The zero-order chi connectivity index (χ0) is 12.4. The van der Waals surface area contributed by atoms with Gasteiger partial charge in [0.15, 0.2) is 4.47 Å². The Kier molecular flexibility index (Phi) is 3.49. The first-order valence-electron chi connectivity index (χ1n) is 4.90. The number of aromatic hydroxyl groups is 1. The molecule has 17 heavy (non-hydrogen) atoms. The number of phenols is 1. The van der Waals surface area contributed by atoms with Gasteiger partial charge in [0, 0.05) is 16.6 Å². The Morgan fingerprint density at radius 1 is 1.53 bits per heavy atom. The van der Waals surface area contributed by atoms with Crippen molar-refractivity contribution in [3.8, 4) is 5.75 Å². The quantitative estimate of drug-likeness (QED) is 0.840. The third-order valence-corrected chi connectivity index (χ3v) is 3.46. The number of nitrogens with zero attached hydrogens (tertiary/aromatic N) is 1. The molecule has 3 nitrogen and oxygen atoms in total. The maximum atomic E-state index is 13.1. The molecule has 0 bridgehead atoms. The van der Waals surface area contributed by atoms with Crippen LogP contribution in [0.5, 0.6) is 5.75 Å². The van der Waals surface area contributed by atoms with Crippen LogP contribution in [0.3, 0.4) is 0 Å². The normalized spacial score (nSPS) is 10.5. The van der Waals surface area contributed by atoms with Gasteiger partial charge in [-0.3, -0.25) is 0 Å². The molecule has 0 unspecified atom stereocenters. The monoisotopic (exact) mass is 272 g/mol. The minimum absolute atomic E-state index is 0.0689. The van der Waals surface area contributed by atoms with Crippen LogP contribution in [-0.4, -0.2) is 10.1 Å². The van der Waals surface area contributed by atoms with Crippen molar-refractivity contribution in [2.45, 2.75) is 13.5 Å². The average molecular weight is 273 g/mol. The van der Waals surface area contributed by atoms with Crippen LogP contribution >= 0.6 is 22.9 Å². The van der Waals surface area contributed by atoms with Gasteiger partial charge in [-0.15, -0.1) is 11.3 Å². The molecule has 0 saturated heterocycles. The standard InChI is InChI=1S/C11H10ClFN2OS/c1-6-8(13)2-3-9(10(6)16)14-4-7-5-15-11(12)17-7/h2-3,5,14,16H,4H2,1H3. The van der Waals surface area contributed by atoms with Crippen molar-refractivity contribution >= 4 is 28.6 Å². The van der Waals surface area contributed by atoms with Crippen LogP contribution < -0.4 is 5.32 Å². The maximum Gasteiger partial charge on any atom is 0.183 e. The van der Waals surface area contributed by atoms with E-state index in [-0.39, 0.29) is 11.3 Å². The van der Waals surface area contributed by atoms with E-state index in [9.17, 15) is 9.50 Å². The molecule has 1 heterocycles. The zero-order valence-electron chi connectivity index (χ0n) is 9.00. The van der Waals surface area contributed by atoms with E-state index >= 15 is 0 Å². The molecular weight excluding hydrogens is 263 g/mol. The fourth-order valence-corrected chi connectivity index (χ4v) is 2.28. The summed E-state index contributed by atoms with van der Waals surface area (Å²) < 4.78 is 13.6. The van der Waals surface area contributed by atoms with Crippen molar-refractivity contribution in [2.75, 3.05) is 5.32 Å². The Morgan fingerprint density at radius 2 is 2.29 bits per heavy atom. The highest BCUT2D eigenvalue weighted by Gasteiger charge is 2.08. The van der Waals surface area contributed by atoms with E-state index in [1.54, 1.807) is 6.20 Å². The van der Waals surface area contributed by atoms with Crippen molar-refractivity contribution in [1.82, 2.24) is 4.98 Å². The summed E-state index contributed by atoms with van der Waals surface area (Å²) in [7, 11) is 0. The first kappa shape index (κ1) is 12.1. The van der Waals surface area contributed by atoms with Gasteiger partial charge in [-0.25, -0.2) is 9.37 Å². The van der Waals surface area contributed by atoms with Crippen LogP contribution in [0, 0.1) is 12.7 Å². The number of nitrogens with one attached hydrogen (secondary N) is 1. The summed E-state index contributed by atoms with van der Waals surface area (Å²) in [5.41, 5.74) is 0.728. The number of phenolic OH excluding ortho intramolecular Hbond substituents is 1. The number of hydrogen-bond acceptors (Lipinski definition) is 4. The highest BCUT2D eigenvalue weighted by atomic mass is 35.5.